The third-order valence-electron chi connectivity index (χ3n) is 6.43. The molecular weight excluding hydrogens is 599 g/mol. The first-order valence-corrected chi connectivity index (χ1v) is 15.0. The molecule has 1 saturated heterocycles. The Morgan fingerprint density at radius 2 is 1.66 bits per heavy atom. The fourth-order valence-corrected chi connectivity index (χ4v) is 5.63. The number of aromatic nitrogens is 2. The van der Waals surface area contributed by atoms with Crippen molar-refractivity contribution in [3.8, 4) is 17.0 Å². The van der Waals surface area contributed by atoms with E-state index >= 15 is 0 Å². The first-order valence-electron chi connectivity index (χ1n) is 13.5. The smallest absolute Gasteiger partial charge is 0.293 e. The minimum absolute atomic E-state index is 0.112. The molecule has 0 aliphatic carbocycles. The Bertz CT molecular complexity index is 1740. The van der Waals surface area contributed by atoms with Gasteiger partial charge in [0, 0.05) is 67.3 Å². The lowest BCUT2D eigenvalue weighted by molar-refractivity contribution is -0.138. The van der Waals surface area contributed by atoms with Crippen molar-refractivity contribution in [2.75, 3.05) is 42.9 Å². The van der Waals surface area contributed by atoms with Crippen molar-refractivity contribution in [1.82, 2.24) is 15.3 Å². The minimum atomic E-state index is -4.79. The lowest BCUT2D eigenvalue weighted by atomic mass is 10.0. The van der Waals surface area contributed by atoms with Gasteiger partial charge in [0.05, 0.1) is 12.6 Å². The van der Waals surface area contributed by atoms with Crippen molar-refractivity contribution in [2.24, 2.45) is 0 Å². The number of hydrogen-bond donors (Lipinski definition) is 2. The summed E-state index contributed by atoms with van der Waals surface area (Å²) in [7, 11) is -3.51. The number of benzene rings is 2. The van der Waals surface area contributed by atoms with Crippen molar-refractivity contribution in [3.63, 3.8) is 0 Å². The summed E-state index contributed by atoms with van der Waals surface area (Å²) in [5.41, 5.74) is 2.60. The third kappa shape index (κ3) is 7.74. The zero-order chi connectivity index (χ0) is 32.1. The number of ether oxygens (including phenoxy) is 2. The second-order valence-corrected chi connectivity index (χ2v) is 12.3. The van der Waals surface area contributed by atoms with Gasteiger partial charge in [-0.05, 0) is 50.6 Å². The Morgan fingerprint density at radius 1 is 0.977 bits per heavy atom. The Balaban J connectivity index is 0.000000566. The number of methoxy groups -OCH3 is 1. The van der Waals surface area contributed by atoms with E-state index in [1.54, 1.807) is 6.20 Å². The molecule has 5 rings (SSSR count). The summed E-state index contributed by atoms with van der Waals surface area (Å²) in [5, 5.41) is 4.24. The molecule has 1 fully saturated rings. The molecule has 2 aromatic carbocycles. The van der Waals surface area contributed by atoms with E-state index in [0.717, 1.165) is 42.8 Å². The van der Waals surface area contributed by atoms with Crippen LogP contribution in [0.15, 0.2) is 59.8 Å². The fourth-order valence-electron chi connectivity index (χ4n) is 4.46. The average Bonchev–Trinajstić information content (AvgIpc) is 2.96. The van der Waals surface area contributed by atoms with E-state index in [0.29, 0.717) is 29.7 Å². The molecule has 4 aromatic rings. The number of anilines is 2. The number of hydrogen-bond acceptors (Lipinski definition) is 9. The second-order valence-electron chi connectivity index (χ2n) is 10.7. The summed E-state index contributed by atoms with van der Waals surface area (Å²) in [6, 6.07) is 9.59. The molecule has 1 aliphatic rings. The molecule has 44 heavy (non-hydrogen) atoms. The highest BCUT2D eigenvalue weighted by atomic mass is 32.2. The van der Waals surface area contributed by atoms with Crippen LogP contribution in [-0.2, 0) is 19.6 Å². The molecule has 2 N–H and O–H groups in total. The van der Waals surface area contributed by atoms with Crippen LogP contribution in [0, 0.1) is 17.5 Å². The van der Waals surface area contributed by atoms with Crippen molar-refractivity contribution in [1.29, 1.82) is 0 Å². The zero-order valence-electron chi connectivity index (χ0n) is 24.5. The number of carbonyl (C=O) groups is 1. The van der Waals surface area contributed by atoms with E-state index in [-0.39, 0.29) is 17.2 Å². The second kappa shape index (κ2) is 13.5. The molecule has 234 valence electrons. The Labute approximate surface area is 253 Å². The Kier molecular flexibility index (Phi) is 9.95. The van der Waals surface area contributed by atoms with Crippen LogP contribution in [0.25, 0.3) is 22.0 Å². The van der Waals surface area contributed by atoms with Gasteiger partial charge in [0.25, 0.3) is 16.5 Å². The van der Waals surface area contributed by atoms with E-state index in [2.05, 4.69) is 29.6 Å². The molecule has 1 aliphatic heterocycles. The number of sulfonamides is 1. The molecule has 0 radical (unpaired) electrons. The predicted molar refractivity (Wildman–Crippen MR) is 161 cm³/mol. The summed E-state index contributed by atoms with van der Waals surface area (Å²) < 4.78 is 79.3. The zero-order valence-corrected chi connectivity index (χ0v) is 25.3. The molecule has 0 spiro atoms. The Morgan fingerprint density at radius 3 is 2.25 bits per heavy atom. The van der Waals surface area contributed by atoms with Crippen LogP contribution < -0.4 is 19.7 Å². The van der Waals surface area contributed by atoms with Gasteiger partial charge in [-0.25, -0.2) is 26.6 Å². The number of nitrogens with zero attached hydrogens (tertiary/aromatic N) is 3. The summed E-state index contributed by atoms with van der Waals surface area (Å²) in [6.45, 7) is 9.34. The lowest BCUT2D eigenvalue weighted by Crippen LogP contribution is -2.43. The van der Waals surface area contributed by atoms with Gasteiger partial charge < -0.3 is 19.7 Å². The SMILES string of the molecule is CC(C)(C)OC=O.COc1ncc(-c2ccc3nccc(N4CCNCC4)c3c2)cc1NS(=O)(=O)c1c(F)cc(F)cc1F. The van der Waals surface area contributed by atoms with E-state index in [9.17, 15) is 26.4 Å². The molecule has 0 saturated carbocycles. The highest BCUT2D eigenvalue weighted by Crippen LogP contribution is 2.34. The quantitative estimate of drug-likeness (QED) is 0.275. The maximum atomic E-state index is 14.2. The van der Waals surface area contributed by atoms with Gasteiger partial charge in [0.1, 0.15) is 28.7 Å². The highest BCUT2D eigenvalue weighted by Gasteiger charge is 2.27. The highest BCUT2D eigenvalue weighted by molar-refractivity contribution is 7.92. The van der Waals surface area contributed by atoms with Gasteiger partial charge in [-0.1, -0.05) is 6.07 Å². The molecule has 14 heteroatoms. The molecular formula is C30H32F3N5O5S. The van der Waals surface area contributed by atoms with Crippen LogP contribution in [0.3, 0.4) is 0 Å². The molecule has 2 aromatic heterocycles. The average molecular weight is 632 g/mol. The number of carbonyl (C=O) groups excluding carboxylic acids is 1. The molecule has 10 nitrogen and oxygen atoms in total. The van der Waals surface area contributed by atoms with Crippen molar-refractivity contribution in [2.45, 2.75) is 31.3 Å². The lowest BCUT2D eigenvalue weighted by Gasteiger charge is -2.30. The van der Waals surface area contributed by atoms with Crippen LogP contribution in [0.5, 0.6) is 5.88 Å². The van der Waals surface area contributed by atoms with Crippen molar-refractivity contribution in [3.05, 3.63) is 72.3 Å². The van der Waals surface area contributed by atoms with E-state index < -0.39 is 32.4 Å². The van der Waals surface area contributed by atoms with Crippen LogP contribution in [0.4, 0.5) is 24.5 Å². The van der Waals surface area contributed by atoms with Crippen LogP contribution >= 0.6 is 0 Å². The van der Waals surface area contributed by atoms with E-state index in [1.165, 1.54) is 19.4 Å². The predicted octanol–water partition coefficient (Wildman–Crippen LogP) is 4.89. The molecule has 0 atom stereocenters. The number of piperazine rings is 1. The molecule has 0 amide bonds. The standard InChI is InChI=1S/C25H22F3N5O3S.C5H10O2/c1-36-25-22(32-37(34,35)24-19(27)12-17(26)13-20(24)28)11-16(14-31-25)15-2-3-21-18(10-15)23(4-5-30-21)33-8-6-29-7-9-33;1-5(2,3)7-4-6/h2-5,10-14,29,32H,6-9H2,1H3;4H,1-3H3. The Hall–Kier alpha value is -4.43. The van der Waals surface area contributed by atoms with Gasteiger partial charge in [-0.3, -0.25) is 14.5 Å². The first-order chi connectivity index (χ1) is 20.8. The number of nitrogens with one attached hydrogen (secondary N) is 2. The maximum absolute atomic E-state index is 14.2. The largest absolute Gasteiger partial charge is 0.480 e. The number of halogens is 3. The topological polar surface area (TPSA) is 123 Å². The van der Waals surface area contributed by atoms with Crippen LogP contribution in [0.1, 0.15) is 20.8 Å². The van der Waals surface area contributed by atoms with Gasteiger partial charge in [0.2, 0.25) is 5.88 Å². The summed E-state index contributed by atoms with van der Waals surface area (Å²) in [4.78, 5) is 19.2. The summed E-state index contributed by atoms with van der Waals surface area (Å²) >= 11 is 0. The minimum Gasteiger partial charge on any atom is -0.480 e. The van der Waals surface area contributed by atoms with Gasteiger partial charge >= 0.3 is 0 Å². The van der Waals surface area contributed by atoms with Gasteiger partial charge in [-0.2, -0.15) is 0 Å². The van der Waals surface area contributed by atoms with E-state index in [4.69, 9.17) is 4.74 Å². The van der Waals surface area contributed by atoms with Gasteiger partial charge in [0.15, 0.2) is 4.90 Å². The van der Waals surface area contributed by atoms with Crippen molar-refractivity contribution < 1.29 is 35.9 Å². The molecule has 0 bridgehead atoms. The summed E-state index contributed by atoms with van der Waals surface area (Å²) in [5.74, 6) is -4.47. The first kappa shape index (κ1) is 32.5. The molecule has 0 unspecified atom stereocenters. The van der Waals surface area contributed by atoms with Crippen LogP contribution in [-0.4, -0.2) is 63.7 Å². The van der Waals surface area contributed by atoms with Crippen LogP contribution in [0.2, 0.25) is 0 Å². The third-order valence-corrected chi connectivity index (χ3v) is 7.85. The van der Waals surface area contributed by atoms with Crippen molar-refractivity contribution >= 4 is 38.8 Å². The number of pyridine rings is 2. The summed E-state index contributed by atoms with van der Waals surface area (Å²) in [6.07, 6.45) is 3.26. The fraction of sp³-hybridized carbons (Fsp3) is 0.300. The van der Waals surface area contributed by atoms with E-state index in [1.807, 2.05) is 45.0 Å². The molecule has 3 heterocycles. The van der Waals surface area contributed by atoms with Gasteiger partial charge in [-0.15, -0.1) is 0 Å². The normalized spacial score (nSPS) is 13.6. The maximum Gasteiger partial charge on any atom is 0.293 e. The number of rotatable bonds is 7. The monoisotopic (exact) mass is 631 g/mol. The number of fused-ring (bicyclic) bond motifs is 1.